The lowest BCUT2D eigenvalue weighted by Gasteiger charge is -2.10. The lowest BCUT2D eigenvalue weighted by molar-refractivity contribution is -0.385. The number of ether oxygens (including phenoxy) is 2. The van der Waals surface area contributed by atoms with Gasteiger partial charge in [-0.3, -0.25) is 20.2 Å². The number of carbonyl (C=O) groups excluding carboxylic acids is 2. The molecular formula is C17H14N2O8S2. The summed E-state index contributed by atoms with van der Waals surface area (Å²) in [7, 11) is 0. The van der Waals surface area contributed by atoms with Crippen molar-refractivity contribution in [3.05, 3.63) is 68.8 Å². The van der Waals surface area contributed by atoms with Crippen molar-refractivity contribution < 1.29 is 28.9 Å². The Balaban J connectivity index is 1.74. The number of hydrogen-bond acceptors (Lipinski definition) is 10. The van der Waals surface area contributed by atoms with E-state index in [0.29, 0.717) is 0 Å². The molecule has 0 spiro atoms. The van der Waals surface area contributed by atoms with E-state index in [1.165, 1.54) is 48.5 Å². The Kier molecular flexibility index (Phi) is 7.98. The molecule has 12 heteroatoms. The summed E-state index contributed by atoms with van der Waals surface area (Å²) in [6.07, 6.45) is 0. The van der Waals surface area contributed by atoms with E-state index in [-0.39, 0.29) is 33.9 Å². The zero-order valence-corrected chi connectivity index (χ0v) is 16.5. The van der Waals surface area contributed by atoms with Gasteiger partial charge in [0, 0.05) is 35.3 Å². The van der Waals surface area contributed by atoms with Gasteiger partial charge in [0.05, 0.1) is 9.85 Å². The smallest absolute Gasteiger partial charge is 0.373 e. The van der Waals surface area contributed by atoms with Gasteiger partial charge < -0.3 is 9.47 Å². The topological polar surface area (TPSA) is 139 Å². The fourth-order valence-electron chi connectivity index (χ4n) is 1.90. The van der Waals surface area contributed by atoms with Crippen LogP contribution in [0.2, 0.25) is 0 Å². The van der Waals surface area contributed by atoms with E-state index in [0.717, 1.165) is 23.5 Å². The Morgan fingerprint density at radius 2 is 1.28 bits per heavy atom. The maximum Gasteiger partial charge on any atom is 0.373 e. The Bertz CT molecular complexity index is 903. The first kappa shape index (κ1) is 22.2. The Morgan fingerprint density at radius 3 is 1.69 bits per heavy atom. The molecule has 1 unspecified atom stereocenters. The third-order valence-corrected chi connectivity index (χ3v) is 5.27. The number of benzene rings is 2. The summed E-state index contributed by atoms with van der Waals surface area (Å²) in [5, 5.41) is 19.7. The van der Waals surface area contributed by atoms with Gasteiger partial charge in [0.15, 0.2) is 0 Å². The molecule has 0 aliphatic heterocycles. The third-order valence-electron chi connectivity index (χ3n) is 3.23. The summed E-state index contributed by atoms with van der Waals surface area (Å²) in [5.74, 6) is 0.600. The van der Waals surface area contributed by atoms with Crippen LogP contribution in [0.4, 0.5) is 21.0 Å². The summed E-state index contributed by atoms with van der Waals surface area (Å²) in [4.78, 5) is 43.8. The van der Waals surface area contributed by atoms with Crippen LogP contribution in [-0.2, 0) is 0 Å². The van der Waals surface area contributed by atoms with Crippen molar-refractivity contribution in [2.75, 3.05) is 5.75 Å². The molecule has 0 bridgehead atoms. The molecule has 152 valence electrons. The Labute approximate surface area is 172 Å². The molecular weight excluding hydrogens is 424 g/mol. The maximum absolute atomic E-state index is 11.9. The Morgan fingerprint density at radius 1 is 0.862 bits per heavy atom. The molecule has 2 rings (SSSR count). The molecule has 0 saturated carbocycles. The minimum atomic E-state index is -0.616. The average Bonchev–Trinajstić information content (AvgIpc) is 2.67. The van der Waals surface area contributed by atoms with Crippen LogP contribution in [0.1, 0.15) is 6.92 Å². The van der Waals surface area contributed by atoms with Gasteiger partial charge in [-0.2, -0.15) is 0 Å². The second-order valence-corrected chi connectivity index (χ2v) is 7.77. The molecule has 0 N–H and O–H groups in total. The average molecular weight is 438 g/mol. The first-order chi connectivity index (χ1) is 13.7. The monoisotopic (exact) mass is 438 g/mol. The normalized spacial score (nSPS) is 11.3. The lowest BCUT2D eigenvalue weighted by atomic mass is 10.3. The summed E-state index contributed by atoms with van der Waals surface area (Å²) in [5.41, 5.74) is -0.234. The largest absolute Gasteiger partial charge is 0.418 e. The van der Waals surface area contributed by atoms with Crippen molar-refractivity contribution in [2.45, 2.75) is 12.2 Å². The number of hydrogen-bond donors (Lipinski definition) is 0. The molecule has 29 heavy (non-hydrogen) atoms. The molecule has 0 radical (unpaired) electrons. The highest BCUT2D eigenvalue weighted by Crippen LogP contribution is 2.24. The van der Waals surface area contributed by atoms with Crippen LogP contribution in [0.25, 0.3) is 0 Å². The standard InChI is InChI=1S/C17H14N2O8S2/c1-11(29-17(21)27-15-8-4-13(5-9-15)19(24)25)10-28-16(20)26-14-6-2-12(3-7-14)18(22)23/h2-9,11H,10H2,1H3. The molecule has 10 nitrogen and oxygen atoms in total. The second-order valence-electron chi connectivity index (χ2n) is 5.45. The van der Waals surface area contributed by atoms with E-state index in [9.17, 15) is 29.8 Å². The molecule has 0 fully saturated rings. The van der Waals surface area contributed by atoms with E-state index >= 15 is 0 Å². The van der Waals surface area contributed by atoms with Crippen molar-refractivity contribution in [1.82, 2.24) is 0 Å². The Hall–Kier alpha value is -3.12. The first-order valence-electron chi connectivity index (χ1n) is 7.96. The van der Waals surface area contributed by atoms with Crippen LogP contribution < -0.4 is 9.47 Å². The first-order valence-corrected chi connectivity index (χ1v) is 9.83. The summed E-state index contributed by atoms with van der Waals surface area (Å²) >= 11 is 1.70. The van der Waals surface area contributed by atoms with Crippen LogP contribution in [0.3, 0.4) is 0 Å². The van der Waals surface area contributed by atoms with Gasteiger partial charge in [-0.05, 0) is 47.8 Å². The predicted octanol–water partition coefficient (Wildman–Crippen LogP) is 5.06. The zero-order chi connectivity index (χ0) is 21.4. The zero-order valence-electron chi connectivity index (χ0n) is 14.9. The van der Waals surface area contributed by atoms with E-state index < -0.39 is 20.4 Å². The van der Waals surface area contributed by atoms with E-state index in [4.69, 9.17) is 9.47 Å². The van der Waals surface area contributed by atoms with Crippen molar-refractivity contribution in [3.8, 4) is 11.5 Å². The minimum absolute atomic E-state index is 0.117. The molecule has 2 aromatic rings. The van der Waals surface area contributed by atoms with Crippen molar-refractivity contribution in [1.29, 1.82) is 0 Å². The highest BCUT2D eigenvalue weighted by Gasteiger charge is 2.16. The van der Waals surface area contributed by atoms with Crippen molar-refractivity contribution in [3.63, 3.8) is 0 Å². The highest BCUT2D eigenvalue weighted by molar-refractivity contribution is 8.16. The summed E-state index contributed by atoms with van der Waals surface area (Å²) in [6.45, 7) is 1.72. The van der Waals surface area contributed by atoms with Gasteiger partial charge in [-0.25, -0.2) is 9.59 Å². The number of nitro benzene ring substituents is 2. The van der Waals surface area contributed by atoms with Crippen LogP contribution in [-0.4, -0.2) is 31.5 Å². The van der Waals surface area contributed by atoms with Crippen molar-refractivity contribution in [2.24, 2.45) is 0 Å². The van der Waals surface area contributed by atoms with E-state index in [2.05, 4.69) is 0 Å². The van der Waals surface area contributed by atoms with Gasteiger partial charge in [0.25, 0.3) is 11.4 Å². The van der Waals surface area contributed by atoms with Gasteiger partial charge in [-0.1, -0.05) is 6.92 Å². The number of carbonyl (C=O) groups is 2. The third kappa shape index (κ3) is 7.43. The van der Waals surface area contributed by atoms with Crippen LogP contribution in [0, 0.1) is 20.2 Å². The minimum Gasteiger partial charge on any atom is -0.418 e. The fourth-order valence-corrected chi connectivity index (χ4v) is 3.38. The summed E-state index contributed by atoms with van der Waals surface area (Å²) < 4.78 is 10.1. The molecule has 0 saturated heterocycles. The lowest BCUT2D eigenvalue weighted by Crippen LogP contribution is -2.11. The van der Waals surface area contributed by atoms with Crippen molar-refractivity contribution >= 4 is 45.5 Å². The second kappa shape index (κ2) is 10.4. The number of non-ortho nitro benzene ring substituents is 2. The molecule has 0 aromatic heterocycles. The number of nitro groups is 2. The van der Waals surface area contributed by atoms with Gasteiger partial charge in [0.2, 0.25) is 0 Å². The molecule has 2 aromatic carbocycles. The van der Waals surface area contributed by atoms with Gasteiger partial charge >= 0.3 is 10.6 Å². The van der Waals surface area contributed by atoms with E-state index in [1.807, 2.05) is 0 Å². The highest BCUT2D eigenvalue weighted by atomic mass is 32.2. The molecule has 0 aliphatic carbocycles. The molecule has 0 heterocycles. The van der Waals surface area contributed by atoms with Gasteiger partial charge in [-0.15, -0.1) is 0 Å². The van der Waals surface area contributed by atoms with E-state index in [1.54, 1.807) is 6.92 Å². The van der Waals surface area contributed by atoms with Crippen LogP contribution >= 0.6 is 23.5 Å². The fraction of sp³-hybridized carbons (Fsp3) is 0.176. The molecule has 1 atom stereocenters. The number of nitrogens with zero attached hydrogens (tertiary/aromatic N) is 2. The summed E-state index contributed by atoms with van der Waals surface area (Å²) in [6, 6.07) is 10.2. The number of rotatable bonds is 7. The quantitative estimate of drug-likeness (QED) is 0.327. The number of thioether (sulfide) groups is 2. The molecule has 0 amide bonds. The van der Waals surface area contributed by atoms with Gasteiger partial charge in [0.1, 0.15) is 11.5 Å². The van der Waals surface area contributed by atoms with Crippen LogP contribution in [0.15, 0.2) is 48.5 Å². The van der Waals surface area contributed by atoms with Crippen LogP contribution in [0.5, 0.6) is 11.5 Å². The SMILES string of the molecule is CC(CSC(=O)Oc1ccc([N+](=O)[O-])cc1)SC(=O)Oc1ccc([N+](=O)[O-])cc1. The molecule has 0 aliphatic rings. The predicted molar refractivity (Wildman–Crippen MR) is 108 cm³/mol. The maximum atomic E-state index is 11.9.